The zero-order valence-corrected chi connectivity index (χ0v) is 25.9. The van der Waals surface area contributed by atoms with Gasteiger partial charge in [0.25, 0.3) is 0 Å². The summed E-state index contributed by atoms with van der Waals surface area (Å²) in [6, 6.07) is 26.2. The van der Waals surface area contributed by atoms with Gasteiger partial charge in [0.2, 0.25) is 11.0 Å². The maximum atomic E-state index is 2.41. The molecule has 0 saturated heterocycles. The minimum Gasteiger partial charge on any atom is -1.00 e. The van der Waals surface area contributed by atoms with Crippen LogP contribution in [0.15, 0.2) is 85.2 Å². The van der Waals surface area contributed by atoms with E-state index in [4.69, 9.17) is 0 Å². The van der Waals surface area contributed by atoms with Crippen molar-refractivity contribution in [2.24, 2.45) is 0 Å². The quantitative estimate of drug-likeness (QED) is 0.102. The van der Waals surface area contributed by atoms with E-state index in [-0.39, 0.29) is 48.0 Å². The molecule has 0 bridgehead atoms. The summed E-state index contributed by atoms with van der Waals surface area (Å²) in [5.41, 5.74) is 2.72. The molecule has 4 heteroatoms. The molecule has 0 aliphatic carbocycles. The molecular weight excluding hydrogens is 666 g/mol. The highest BCUT2D eigenvalue weighted by Gasteiger charge is 2.07. The van der Waals surface area contributed by atoms with Gasteiger partial charge in [0.05, 0.1) is 0 Å². The highest BCUT2D eigenvalue weighted by atomic mass is 127. The van der Waals surface area contributed by atoms with Gasteiger partial charge in [-0.1, -0.05) is 75.6 Å². The van der Waals surface area contributed by atoms with E-state index in [1.807, 2.05) is 0 Å². The second kappa shape index (κ2) is 18.1. The minimum absolute atomic E-state index is 0. The number of halogens is 2. The Balaban J connectivity index is 0.00000228. The van der Waals surface area contributed by atoms with Crippen LogP contribution in [-0.2, 0) is 13.1 Å². The van der Waals surface area contributed by atoms with Crippen LogP contribution in [-0.4, -0.2) is 0 Å². The summed E-state index contributed by atoms with van der Waals surface area (Å²) in [6.07, 6.45) is 21.0. The maximum Gasteiger partial charge on any atom is 0.212 e. The Labute approximate surface area is 252 Å². The average Bonchev–Trinajstić information content (AvgIpc) is 2.89. The molecule has 0 radical (unpaired) electrons. The van der Waals surface area contributed by atoms with Gasteiger partial charge in [0, 0.05) is 47.9 Å². The molecule has 4 aromatic rings. The zero-order chi connectivity index (χ0) is 23.3. The van der Waals surface area contributed by atoms with Gasteiger partial charge >= 0.3 is 0 Å². The van der Waals surface area contributed by atoms with Crippen LogP contribution in [0, 0.1) is 0 Å². The van der Waals surface area contributed by atoms with Crippen molar-refractivity contribution in [2.75, 3.05) is 0 Å². The summed E-state index contributed by atoms with van der Waals surface area (Å²) in [7, 11) is 0. The smallest absolute Gasteiger partial charge is 0.212 e. The molecule has 2 aromatic heterocycles. The topological polar surface area (TPSA) is 7.76 Å². The number of rotatable bonds is 15. The van der Waals surface area contributed by atoms with Gasteiger partial charge in [-0.15, -0.1) is 0 Å². The molecule has 0 fully saturated rings. The molecule has 0 aliphatic heterocycles. The number of hydrogen-bond donors (Lipinski definition) is 0. The Kier molecular flexibility index (Phi) is 15.5. The number of aromatic nitrogens is 2. The largest absolute Gasteiger partial charge is 1.00 e. The average molecular weight is 709 g/mol. The van der Waals surface area contributed by atoms with Crippen molar-refractivity contribution in [3.05, 3.63) is 85.2 Å². The van der Waals surface area contributed by atoms with E-state index in [1.165, 1.54) is 98.9 Å². The number of aryl methyl sites for hydroxylation is 2. The van der Waals surface area contributed by atoms with Gasteiger partial charge in [0.1, 0.15) is 13.1 Å². The number of fused-ring (bicyclic) bond motifs is 2. The lowest BCUT2D eigenvalue weighted by Crippen LogP contribution is -3.00. The van der Waals surface area contributed by atoms with E-state index < -0.39 is 0 Å². The van der Waals surface area contributed by atoms with Crippen molar-refractivity contribution < 1.29 is 57.1 Å². The highest BCUT2D eigenvalue weighted by molar-refractivity contribution is 5.75. The number of hydrogen-bond acceptors (Lipinski definition) is 0. The predicted molar refractivity (Wildman–Crippen MR) is 144 cm³/mol. The first-order chi connectivity index (χ1) is 16.9. The SMILES string of the molecule is [I-].[I-].c1ccc2c(c1)ccc[n+]2CCCCCCCCCCCCCC[n+]1cccc2ccccc21. The standard InChI is InChI=1S/C32H42N2.2HI/c1(3-5-7-9-15-25-33-27-17-21-29-19-11-13-23-31(29)33)2-4-6-8-10-16-26-34-28-18-22-30-20-12-14-24-32(30)34;;/h11-14,17-24,27-28H,1-10,15-16,25-26H2;2*1H/q+2;;/p-2. The van der Waals surface area contributed by atoms with Crippen LogP contribution in [0.3, 0.4) is 0 Å². The molecule has 0 spiro atoms. The Morgan fingerprint density at radius 2 is 0.667 bits per heavy atom. The summed E-state index contributed by atoms with van der Waals surface area (Å²) >= 11 is 0. The van der Waals surface area contributed by atoms with Crippen molar-refractivity contribution in [1.82, 2.24) is 0 Å². The molecule has 2 aromatic carbocycles. The number of benzene rings is 2. The van der Waals surface area contributed by atoms with Crippen LogP contribution in [0.1, 0.15) is 77.0 Å². The molecule has 2 nitrogen and oxygen atoms in total. The van der Waals surface area contributed by atoms with Crippen molar-refractivity contribution in [3.63, 3.8) is 0 Å². The van der Waals surface area contributed by atoms with Gasteiger partial charge in [0.15, 0.2) is 12.4 Å². The van der Waals surface area contributed by atoms with Gasteiger partial charge in [-0.3, -0.25) is 0 Å². The summed E-state index contributed by atoms with van der Waals surface area (Å²) in [5, 5.41) is 2.68. The number of para-hydroxylation sites is 2. The third-order valence-corrected chi connectivity index (χ3v) is 7.12. The second-order valence-corrected chi connectivity index (χ2v) is 9.76. The van der Waals surface area contributed by atoms with Gasteiger partial charge in [-0.2, -0.15) is 9.13 Å². The molecule has 2 heterocycles. The van der Waals surface area contributed by atoms with Gasteiger partial charge in [-0.25, -0.2) is 0 Å². The third kappa shape index (κ3) is 9.88. The van der Waals surface area contributed by atoms with E-state index >= 15 is 0 Å². The Bertz CT molecular complexity index is 1040. The molecule has 0 atom stereocenters. The molecule has 0 aliphatic rings. The van der Waals surface area contributed by atoms with Crippen molar-refractivity contribution in [2.45, 2.75) is 90.1 Å². The van der Waals surface area contributed by atoms with E-state index in [1.54, 1.807) is 0 Å². The number of nitrogens with zero attached hydrogens (tertiary/aromatic N) is 2. The molecule has 194 valence electrons. The molecule has 0 N–H and O–H groups in total. The van der Waals surface area contributed by atoms with E-state index in [0.29, 0.717) is 0 Å². The fourth-order valence-electron chi connectivity index (χ4n) is 5.16. The molecule has 4 rings (SSSR count). The van der Waals surface area contributed by atoms with Crippen molar-refractivity contribution in [3.8, 4) is 0 Å². The van der Waals surface area contributed by atoms with Crippen LogP contribution >= 0.6 is 0 Å². The lowest BCUT2D eigenvalue weighted by molar-refractivity contribution is -0.672. The normalized spacial score (nSPS) is 10.8. The fourth-order valence-corrected chi connectivity index (χ4v) is 5.16. The monoisotopic (exact) mass is 708 g/mol. The molecule has 36 heavy (non-hydrogen) atoms. The van der Waals surface area contributed by atoms with Crippen molar-refractivity contribution in [1.29, 1.82) is 0 Å². The van der Waals surface area contributed by atoms with E-state index in [9.17, 15) is 0 Å². The van der Waals surface area contributed by atoms with Crippen molar-refractivity contribution >= 4 is 21.8 Å². The first-order valence-corrected chi connectivity index (χ1v) is 13.7. The summed E-state index contributed by atoms with van der Waals surface area (Å²) in [6.45, 7) is 2.28. The number of unbranched alkanes of at least 4 members (excludes halogenated alkanes) is 11. The van der Waals surface area contributed by atoms with Crippen LogP contribution in [0.25, 0.3) is 21.8 Å². The minimum atomic E-state index is 0. The van der Waals surface area contributed by atoms with Gasteiger partial charge < -0.3 is 48.0 Å². The van der Waals surface area contributed by atoms with Crippen LogP contribution in [0.2, 0.25) is 0 Å². The molecule has 0 saturated carbocycles. The van der Waals surface area contributed by atoms with Crippen LogP contribution in [0.4, 0.5) is 0 Å². The van der Waals surface area contributed by atoms with E-state index in [2.05, 4.69) is 94.3 Å². The molecule has 0 unspecified atom stereocenters. The fraction of sp³-hybridized carbons (Fsp3) is 0.438. The zero-order valence-electron chi connectivity index (χ0n) is 21.6. The summed E-state index contributed by atoms with van der Waals surface area (Å²) in [5.74, 6) is 0. The Morgan fingerprint density at radius 1 is 0.361 bits per heavy atom. The Morgan fingerprint density at radius 3 is 1.06 bits per heavy atom. The van der Waals surface area contributed by atoms with Gasteiger partial charge in [-0.05, 0) is 37.1 Å². The highest BCUT2D eigenvalue weighted by Crippen LogP contribution is 2.13. The van der Waals surface area contributed by atoms with Crippen LogP contribution in [0.5, 0.6) is 0 Å². The third-order valence-electron chi connectivity index (χ3n) is 7.12. The molecular formula is C32H42I2N2. The first kappa shape index (κ1) is 30.9. The summed E-state index contributed by atoms with van der Waals surface area (Å²) in [4.78, 5) is 0. The number of pyridine rings is 2. The first-order valence-electron chi connectivity index (χ1n) is 13.7. The Hall–Kier alpha value is -1.28. The maximum absolute atomic E-state index is 2.41. The van der Waals surface area contributed by atoms with Crippen LogP contribution < -0.4 is 57.1 Å². The lowest BCUT2D eigenvalue weighted by Gasteiger charge is -2.04. The predicted octanol–water partition coefficient (Wildman–Crippen LogP) is 1.96. The van der Waals surface area contributed by atoms with E-state index in [0.717, 1.165) is 13.1 Å². The summed E-state index contributed by atoms with van der Waals surface area (Å²) < 4.78 is 4.83. The second-order valence-electron chi connectivity index (χ2n) is 9.76. The lowest BCUT2D eigenvalue weighted by atomic mass is 10.0. The molecule has 0 amide bonds.